The highest BCUT2D eigenvalue weighted by molar-refractivity contribution is 5.37. The molecule has 0 radical (unpaired) electrons. The topological polar surface area (TPSA) is 464 Å². The molecule has 17 N–H and O–H groups in total. The fraction of sp³-hybridized carbons (Fsp3) is 0.825. The molecule has 23 rings (SSSR count). The summed E-state index contributed by atoms with van der Waals surface area (Å²) >= 11 is 0. The molecular formula is C57H90O30. The summed E-state index contributed by atoms with van der Waals surface area (Å²) < 4.78 is 76.6. The Morgan fingerprint density at radius 1 is 0.471 bits per heavy atom. The number of ether oxygens (including phenoxy) is 13. The molecule has 0 saturated carbocycles. The Balaban J connectivity index is 1.07. The molecule has 0 aromatic rings. The van der Waals surface area contributed by atoms with Gasteiger partial charge in [0.15, 0.2) is 44.0 Å². The van der Waals surface area contributed by atoms with Gasteiger partial charge < -0.3 is 148 Å². The van der Waals surface area contributed by atoms with Gasteiger partial charge in [0.2, 0.25) is 0 Å². The normalized spacial score (nSPS) is 47.6. The Morgan fingerprint density at radius 2 is 0.805 bits per heavy atom. The third-order valence-corrected chi connectivity index (χ3v) is 17.5. The van der Waals surface area contributed by atoms with Crippen molar-refractivity contribution in [1.82, 2.24) is 0 Å². The van der Waals surface area contributed by atoms with Crippen molar-refractivity contribution in [1.29, 1.82) is 0 Å². The highest BCUT2D eigenvalue weighted by atomic mass is 16.8. The first-order chi connectivity index (χ1) is 41.3. The van der Waals surface area contributed by atoms with Crippen molar-refractivity contribution in [2.24, 2.45) is 11.3 Å². The molecule has 0 amide bonds. The largest absolute Gasteiger partial charge is 0.394 e. The number of hydrogen-bond donors (Lipinski definition) is 17. The quantitative estimate of drug-likeness (QED) is 0.0603. The molecule has 87 heavy (non-hydrogen) atoms. The van der Waals surface area contributed by atoms with Crippen molar-refractivity contribution in [3.05, 3.63) is 58.7 Å². The molecule has 12 bridgehead atoms. The molecule has 1 aliphatic carbocycles. The third kappa shape index (κ3) is 15.6. The summed E-state index contributed by atoms with van der Waals surface area (Å²) in [5.41, 5.74) is 4.21. The molecule has 22 saturated heterocycles. The van der Waals surface area contributed by atoms with Gasteiger partial charge in [-0.1, -0.05) is 67.9 Å². The monoisotopic (exact) mass is 1250 g/mol. The van der Waals surface area contributed by atoms with Gasteiger partial charge >= 0.3 is 0 Å². The van der Waals surface area contributed by atoms with Gasteiger partial charge in [-0.15, -0.1) is 0 Å². The summed E-state index contributed by atoms with van der Waals surface area (Å²) in [6.07, 6.45) is -42.4. The molecule has 498 valence electrons. The van der Waals surface area contributed by atoms with Crippen molar-refractivity contribution >= 4 is 0 Å². The fourth-order valence-electron chi connectivity index (χ4n) is 12.3. The summed E-state index contributed by atoms with van der Waals surface area (Å²) in [5, 5.41) is 191. The van der Waals surface area contributed by atoms with E-state index in [1.807, 2.05) is 19.1 Å². The van der Waals surface area contributed by atoms with E-state index in [1.165, 1.54) is 24.1 Å². The van der Waals surface area contributed by atoms with Gasteiger partial charge in [-0.2, -0.15) is 0 Å². The van der Waals surface area contributed by atoms with Crippen molar-refractivity contribution in [2.45, 2.75) is 245 Å². The predicted molar refractivity (Wildman–Crippen MR) is 290 cm³/mol. The molecule has 22 heterocycles. The summed E-state index contributed by atoms with van der Waals surface area (Å²) in [4.78, 5) is 0. The van der Waals surface area contributed by atoms with Crippen molar-refractivity contribution < 1.29 is 148 Å². The maximum atomic E-state index is 11.9. The van der Waals surface area contributed by atoms with Gasteiger partial charge in [0, 0.05) is 5.92 Å². The molecule has 31 unspecified atom stereocenters. The second-order valence-electron chi connectivity index (χ2n) is 24.2. The average Bonchev–Trinajstić information content (AvgIpc) is 1.05. The first-order valence-corrected chi connectivity index (χ1v) is 29.4. The number of hydrogen-bond acceptors (Lipinski definition) is 30. The van der Waals surface area contributed by atoms with Crippen LogP contribution in [-0.4, -0.2) is 311 Å². The summed E-state index contributed by atoms with van der Waals surface area (Å²) in [6, 6.07) is 0. The zero-order valence-corrected chi connectivity index (χ0v) is 49.1. The van der Waals surface area contributed by atoms with E-state index in [9.17, 15) is 86.8 Å². The lowest BCUT2D eigenvalue weighted by atomic mass is 9.72. The molecule has 30 heteroatoms. The standard InChI is InChI=1S/C57H90O30/c1-22(12-13-26-24(3)11-8-14-57(26,5)6)9-7-10-23(2)15-33(63)75-21-32-50-39(69)44(74)56(81-32)86-49-31(20-62)79-54(42(72)38(49)68)85-48-30(19-61)78-53(41(71)37(48)67)84-47-29(18-60)77-52(40(70)35(47)65)82-45-25(4)34(64)51(76-27(45)16-58)83-46-28(17-59)80-55(87-50)43(73)36(46)66/h7,9-10,12-13,15,25,27-56,58-74H,8,11,14,16-21H2,1-6H3/b10-7+,13-12+,22-9+,23-15+. The van der Waals surface area contributed by atoms with Crippen LogP contribution in [0.1, 0.15) is 60.8 Å². The fourth-order valence-corrected chi connectivity index (χ4v) is 12.3. The average molecular weight is 1260 g/mol. The maximum absolute atomic E-state index is 11.9. The highest BCUT2D eigenvalue weighted by Crippen LogP contribution is 2.42. The molecule has 0 aromatic heterocycles. The number of rotatable bonds is 13. The molecular weight excluding hydrogens is 1160 g/mol. The second kappa shape index (κ2) is 30.5. The lowest BCUT2D eigenvalue weighted by Gasteiger charge is -2.51. The minimum absolute atomic E-state index is 0.0565. The highest BCUT2D eigenvalue weighted by Gasteiger charge is 2.58. The van der Waals surface area contributed by atoms with Crippen LogP contribution in [0.5, 0.6) is 0 Å². The third-order valence-electron chi connectivity index (χ3n) is 17.5. The zero-order valence-electron chi connectivity index (χ0n) is 49.1. The minimum Gasteiger partial charge on any atom is -0.394 e. The van der Waals surface area contributed by atoms with Crippen molar-refractivity contribution in [3.63, 3.8) is 0 Å². The minimum atomic E-state index is -2.19. The second-order valence-corrected chi connectivity index (χ2v) is 24.2. The van der Waals surface area contributed by atoms with Crippen LogP contribution in [0, 0.1) is 11.3 Å². The summed E-state index contributed by atoms with van der Waals surface area (Å²) in [5.74, 6) is -1.13. The first-order valence-electron chi connectivity index (χ1n) is 29.4. The Labute approximate surface area is 502 Å². The lowest BCUT2D eigenvalue weighted by molar-refractivity contribution is -0.403. The van der Waals surface area contributed by atoms with Gasteiger partial charge in [-0.05, 0) is 57.1 Å². The van der Waals surface area contributed by atoms with Crippen molar-refractivity contribution in [2.75, 3.05) is 39.6 Å². The summed E-state index contributed by atoms with van der Waals surface area (Å²) in [7, 11) is 0. The van der Waals surface area contributed by atoms with Gasteiger partial charge in [0.05, 0.1) is 45.7 Å². The molecule has 22 fully saturated rings. The number of allylic oxidation sites excluding steroid dienone is 9. The molecule has 0 aromatic carbocycles. The van der Waals surface area contributed by atoms with E-state index in [4.69, 9.17) is 61.6 Å². The maximum Gasteiger partial charge on any atom is 0.187 e. The molecule has 31 atom stereocenters. The molecule has 0 spiro atoms. The van der Waals surface area contributed by atoms with Crippen LogP contribution in [0.25, 0.3) is 0 Å². The van der Waals surface area contributed by atoms with E-state index in [1.54, 1.807) is 19.1 Å². The van der Waals surface area contributed by atoms with E-state index in [0.717, 1.165) is 24.8 Å². The van der Waals surface area contributed by atoms with Gasteiger partial charge in [-0.25, -0.2) is 0 Å². The number of aliphatic hydroxyl groups excluding tert-OH is 17. The van der Waals surface area contributed by atoms with Crippen LogP contribution in [0.15, 0.2) is 58.7 Å². The van der Waals surface area contributed by atoms with Crippen LogP contribution in [0.3, 0.4) is 0 Å². The Kier molecular flexibility index (Phi) is 24.7. The SMILES string of the molecule is CC1=C(/C=C/C(C)=C/C=C/C(C)=C/C(O)OCC2OC3OC4C(CO)OC(OC5C(CO)OC(OC6C(CO)OC(OC7C(CO)OC(OC8C(CO)OC(OC2C(O)C3O)C(O)C8O)C(O)C7C)C(O)C6O)C(O)C5O)C(O)C4O)C(C)(C)CCC1. The molecule has 23 aliphatic rings. The molecule has 30 nitrogen and oxygen atoms in total. The summed E-state index contributed by atoms with van der Waals surface area (Å²) in [6.45, 7) is 6.15. The Hall–Kier alpha value is -2.50. The van der Waals surface area contributed by atoms with Gasteiger partial charge in [0.1, 0.15) is 134 Å². The van der Waals surface area contributed by atoms with E-state index >= 15 is 0 Å². The lowest BCUT2D eigenvalue weighted by Crippen LogP contribution is -2.68. The van der Waals surface area contributed by atoms with Crippen molar-refractivity contribution in [3.8, 4) is 0 Å². The van der Waals surface area contributed by atoms with E-state index < -0.39 is 230 Å². The Morgan fingerprint density at radius 3 is 1.17 bits per heavy atom. The first kappa shape index (κ1) is 70.4. The van der Waals surface area contributed by atoms with Crippen LogP contribution >= 0.6 is 0 Å². The van der Waals surface area contributed by atoms with Gasteiger partial charge in [0.25, 0.3) is 0 Å². The van der Waals surface area contributed by atoms with Crippen LogP contribution in [-0.2, 0) is 61.6 Å². The number of aliphatic hydroxyl groups is 17. The van der Waals surface area contributed by atoms with E-state index in [2.05, 4.69) is 26.8 Å². The van der Waals surface area contributed by atoms with Crippen LogP contribution < -0.4 is 0 Å². The molecule has 22 aliphatic heterocycles. The van der Waals surface area contributed by atoms with E-state index in [-0.39, 0.29) is 5.41 Å². The van der Waals surface area contributed by atoms with Gasteiger partial charge in [-0.3, -0.25) is 0 Å². The Bertz CT molecular complexity index is 2340. The zero-order chi connectivity index (χ0) is 63.5. The van der Waals surface area contributed by atoms with Crippen LogP contribution in [0.2, 0.25) is 0 Å². The smallest absolute Gasteiger partial charge is 0.187 e. The predicted octanol–water partition coefficient (Wildman–Crippen LogP) is -5.91. The van der Waals surface area contributed by atoms with Crippen LogP contribution in [0.4, 0.5) is 0 Å². The van der Waals surface area contributed by atoms with E-state index in [0.29, 0.717) is 5.57 Å².